The molecule has 0 saturated heterocycles. The number of carboxylic acid groups (broad SMARTS) is 1. The highest BCUT2D eigenvalue weighted by Gasteiger charge is 2.22. The van der Waals surface area contributed by atoms with Gasteiger partial charge in [0.1, 0.15) is 18.5 Å². The van der Waals surface area contributed by atoms with Crippen molar-refractivity contribution in [1.82, 2.24) is 5.32 Å². The number of carbonyl (C=O) groups excluding carboxylic acids is 1. The summed E-state index contributed by atoms with van der Waals surface area (Å²) in [6.45, 7) is 0.807. The number of rotatable bonds is 5. The van der Waals surface area contributed by atoms with Crippen LogP contribution in [0.1, 0.15) is 22.8 Å². The van der Waals surface area contributed by atoms with E-state index < -0.39 is 24.6 Å². The number of benzene rings is 1. The van der Waals surface area contributed by atoms with E-state index in [-0.39, 0.29) is 5.56 Å². The van der Waals surface area contributed by atoms with Gasteiger partial charge in [0.05, 0.1) is 5.56 Å². The van der Waals surface area contributed by atoms with Gasteiger partial charge in [-0.1, -0.05) is 13.0 Å². The van der Waals surface area contributed by atoms with Gasteiger partial charge in [-0.2, -0.15) is 0 Å². The molecule has 6 heteroatoms. The summed E-state index contributed by atoms with van der Waals surface area (Å²) in [5.74, 6) is -2.08. The lowest BCUT2D eigenvalue weighted by molar-refractivity contribution is -0.139. The van der Waals surface area contributed by atoms with Crippen molar-refractivity contribution in [1.29, 1.82) is 0 Å². The first-order valence-electron chi connectivity index (χ1n) is 6.16. The largest absolute Gasteiger partial charge is 0.480 e. The molecule has 2 N–H and O–H groups in total. The number of alkyl halides is 1. The molecule has 0 saturated carbocycles. The fourth-order valence-electron chi connectivity index (χ4n) is 1.87. The normalized spacial score (nSPS) is 12.3. The zero-order valence-corrected chi connectivity index (χ0v) is 10.9. The Morgan fingerprint density at radius 1 is 1.45 bits per heavy atom. The van der Waals surface area contributed by atoms with Crippen molar-refractivity contribution in [2.24, 2.45) is 0 Å². The minimum atomic E-state index is -1.55. The Labute approximate surface area is 114 Å². The lowest BCUT2D eigenvalue weighted by atomic mass is 10.1. The molecule has 0 radical (unpaired) electrons. The highest BCUT2D eigenvalue weighted by Crippen LogP contribution is 2.23. The third-order valence-corrected chi connectivity index (χ3v) is 3.05. The quantitative estimate of drug-likeness (QED) is 0.878. The fourth-order valence-corrected chi connectivity index (χ4v) is 1.87. The highest BCUT2D eigenvalue weighted by atomic mass is 19.1. The molecule has 0 aliphatic rings. The maximum atomic E-state index is 12.5. The topological polar surface area (TPSA) is 79.5 Å². The van der Waals surface area contributed by atoms with Gasteiger partial charge in [0, 0.05) is 5.39 Å². The Kier molecular flexibility index (Phi) is 4.02. The minimum absolute atomic E-state index is 0.204. The number of carboxylic acids is 1. The van der Waals surface area contributed by atoms with Gasteiger partial charge < -0.3 is 14.8 Å². The maximum Gasteiger partial charge on any atom is 0.328 e. The van der Waals surface area contributed by atoms with Crippen molar-refractivity contribution in [3.05, 3.63) is 35.6 Å². The second-order valence-electron chi connectivity index (χ2n) is 4.35. The minimum Gasteiger partial charge on any atom is -0.480 e. The monoisotopic (exact) mass is 279 g/mol. The van der Waals surface area contributed by atoms with Crippen LogP contribution in [0.3, 0.4) is 0 Å². The van der Waals surface area contributed by atoms with Crippen molar-refractivity contribution < 1.29 is 23.5 Å². The molecule has 5 nitrogen and oxygen atoms in total. The fraction of sp³-hybridized carbons (Fsp3) is 0.286. The predicted molar refractivity (Wildman–Crippen MR) is 70.5 cm³/mol. The third-order valence-electron chi connectivity index (χ3n) is 3.05. The number of hydrogen-bond donors (Lipinski definition) is 2. The molecular weight excluding hydrogens is 265 g/mol. The summed E-state index contributed by atoms with van der Waals surface area (Å²) in [4.78, 5) is 22.7. The van der Waals surface area contributed by atoms with E-state index in [9.17, 15) is 14.0 Å². The Hall–Kier alpha value is -2.37. The summed E-state index contributed by atoms with van der Waals surface area (Å²) < 4.78 is 17.8. The van der Waals surface area contributed by atoms with Crippen LogP contribution in [-0.2, 0) is 11.2 Å². The van der Waals surface area contributed by atoms with E-state index >= 15 is 0 Å². The van der Waals surface area contributed by atoms with Gasteiger partial charge in [0.15, 0.2) is 6.04 Å². The van der Waals surface area contributed by atoms with Gasteiger partial charge >= 0.3 is 5.97 Å². The number of fused-ring (bicyclic) bond motifs is 1. The molecule has 0 bridgehead atoms. The average Bonchev–Trinajstić information content (AvgIpc) is 2.86. The first-order valence-corrected chi connectivity index (χ1v) is 6.16. The number of aliphatic carboxylic acids is 1. The predicted octanol–water partition coefficient (Wildman–Crippen LogP) is 2.15. The number of halogens is 1. The van der Waals surface area contributed by atoms with Gasteiger partial charge in [0.2, 0.25) is 0 Å². The first-order chi connectivity index (χ1) is 9.56. The molecule has 20 heavy (non-hydrogen) atoms. The molecule has 1 aromatic carbocycles. The summed E-state index contributed by atoms with van der Waals surface area (Å²) in [5, 5.41) is 11.4. The van der Waals surface area contributed by atoms with E-state index in [0.717, 1.165) is 12.0 Å². The zero-order chi connectivity index (χ0) is 14.7. The molecule has 0 spiro atoms. The highest BCUT2D eigenvalue weighted by molar-refractivity contribution is 6.07. The second-order valence-corrected chi connectivity index (χ2v) is 4.35. The Morgan fingerprint density at radius 3 is 2.80 bits per heavy atom. The van der Waals surface area contributed by atoms with Gasteiger partial charge in [-0.15, -0.1) is 0 Å². The second kappa shape index (κ2) is 5.73. The van der Waals surface area contributed by atoms with Crippen LogP contribution in [0.15, 0.2) is 28.9 Å². The van der Waals surface area contributed by atoms with Gasteiger partial charge in [-0.25, -0.2) is 9.18 Å². The molecule has 1 atom stereocenters. The van der Waals surface area contributed by atoms with Crippen molar-refractivity contribution >= 4 is 22.8 Å². The lowest BCUT2D eigenvalue weighted by Gasteiger charge is -2.09. The van der Waals surface area contributed by atoms with Crippen molar-refractivity contribution in [2.45, 2.75) is 19.4 Å². The number of nitrogens with one attached hydrogen (secondary N) is 1. The van der Waals surface area contributed by atoms with Crippen LogP contribution in [0.2, 0.25) is 0 Å². The SMILES string of the molecule is CCc1ccc2occ(C(=O)NC(CF)C(=O)O)c2c1. The smallest absolute Gasteiger partial charge is 0.328 e. The van der Waals surface area contributed by atoms with Crippen LogP contribution < -0.4 is 5.32 Å². The summed E-state index contributed by atoms with van der Waals surface area (Å²) in [7, 11) is 0. The van der Waals surface area contributed by atoms with E-state index in [4.69, 9.17) is 9.52 Å². The first kappa shape index (κ1) is 14.0. The molecule has 2 aromatic rings. The molecule has 1 aromatic heterocycles. The summed E-state index contributed by atoms with van der Waals surface area (Å²) >= 11 is 0. The van der Waals surface area contributed by atoms with E-state index in [0.29, 0.717) is 11.0 Å². The number of aryl methyl sites for hydroxylation is 1. The molecule has 0 aliphatic heterocycles. The summed E-state index contributed by atoms with van der Waals surface area (Å²) in [5.41, 5.74) is 1.75. The van der Waals surface area contributed by atoms with E-state index in [1.807, 2.05) is 13.0 Å². The van der Waals surface area contributed by atoms with Gasteiger partial charge in [-0.3, -0.25) is 4.79 Å². The molecule has 106 valence electrons. The Balaban J connectivity index is 2.32. The summed E-state index contributed by atoms with van der Waals surface area (Å²) in [6.07, 6.45) is 2.04. The van der Waals surface area contributed by atoms with Crippen LogP contribution in [0.25, 0.3) is 11.0 Å². The van der Waals surface area contributed by atoms with E-state index in [1.165, 1.54) is 6.26 Å². The van der Waals surface area contributed by atoms with Crippen LogP contribution >= 0.6 is 0 Å². The van der Waals surface area contributed by atoms with Crippen LogP contribution in [0.5, 0.6) is 0 Å². The maximum absolute atomic E-state index is 12.5. The number of furan rings is 1. The van der Waals surface area contributed by atoms with Crippen molar-refractivity contribution in [2.75, 3.05) is 6.67 Å². The molecule has 0 aliphatic carbocycles. The van der Waals surface area contributed by atoms with Crippen LogP contribution in [-0.4, -0.2) is 29.7 Å². The number of hydrogen-bond acceptors (Lipinski definition) is 3. The number of carbonyl (C=O) groups is 2. The lowest BCUT2D eigenvalue weighted by Crippen LogP contribution is -2.42. The standard InChI is InChI=1S/C14H14FNO4/c1-2-8-3-4-12-9(5-8)10(7-20-12)13(17)16-11(6-15)14(18)19/h3-5,7,11H,2,6H2,1H3,(H,16,17)(H,18,19). The molecule has 1 unspecified atom stereocenters. The Bertz CT molecular complexity index is 650. The zero-order valence-electron chi connectivity index (χ0n) is 10.9. The van der Waals surface area contributed by atoms with Crippen LogP contribution in [0, 0.1) is 0 Å². The molecular formula is C14H14FNO4. The molecule has 0 fully saturated rings. The summed E-state index contributed by atoms with van der Waals surface area (Å²) in [6, 6.07) is 3.88. The number of amides is 1. The van der Waals surface area contributed by atoms with Gasteiger partial charge in [0.25, 0.3) is 5.91 Å². The third kappa shape index (κ3) is 2.64. The van der Waals surface area contributed by atoms with E-state index in [1.54, 1.807) is 12.1 Å². The molecule has 1 amide bonds. The van der Waals surface area contributed by atoms with Gasteiger partial charge in [-0.05, 0) is 24.1 Å². The van der Waals surface area contributed by atoms with Crippen molar-refractivity contribution in [3.63, 3.8) is 0 Å². The van der Waals surface area contributed by atoms with Crippen molar-refractivity contribution in [3.8, 4) is 0 Å². The van der Waals surface area contributed by atoms with E-state index in [2.05, 4.69) is 5.32 Å². The molecule has 1 heterocycles. The van der Waals surface area contributed by atoms with Crippen LogP contribution in [0.4, 0.5) is 4.39 Å². The molecule has 2 rings (SSSR count). The Morgan fingerprint density at radius 2 is 2.20 bits per heavy atom. The average molecular weight is 279 g/mol.